The van der Waals surface area contributed by atoms with Gasteiger partial charge >= 0.3 is 0 Å². The van der Waals surface area contributed by atoms with Crippen molar-refractivity contribution in [2.45, 2.75) is 77.6 Å². The van der Waals surface area contributed by atoms with E-state index in [-0.39, 0.29) is 6.67 Å². The average molecular weight is 433 g/mol. The van der Waals surface area contributed by atoms with Crippen LogP contribution in [0.15, 0.2) is 60.7 Å². The van der Waals surface area contributed by atoms with E-state index in [1.807, 2.05) is 12.1 Å². The van der Waals surface area contributed by atoms with E-state index >= 15 is 0 Å². The lowest BCUT2D eigenvalue weighted by Gasteiger charge is -2.37. The standard InChI is InChI=1S/C31H41F/c1-2-3-24-6-14-28(15-7-24)29-16-8-25(9-17-29)4-5-26-10-18-30(19-11-26)31-20-12-27(13-21-31)22-23-32/h2-3,10-13,18-21,24-25,28-29H,4-9,14-17,22-23H2,1H3/b3-2-. The van der Waals surface area contributed by atoms with Gasteiger partial charge in [0.1, 0.15) is 0 Å². The topological polar surface area (TPSA) is 0 Å². The van der Waals surface area contributed by atoms with E-state index in [2.05, 4.69) is 55.5 Å². The maximum absolute atomic E-state index is 12.5. The van der Waals surface area contributed by atoms with Gasteiger partial charge in [-0.3, -0.25) is 4.39 Å². The summed E-state index contributed by atoms with van der Waals surface area (Å²) in [5, 5.41) is 0. The molecule has 0 N–H and O–H groups in total. The largest absolute Gasteiger partial charge is 0.251 e. The van der Waals surface area contributed by atoms with Gasteiger partial charge in [-0.05, 0) is 104 Å². The molecule has 4 rings (SSSR count). The molecule has 0 nitrogen and oxygen atoms in total. The zero-order chi connectivity index (χ0) is 22.2. The monoisotopic (exact) mass is 432 g/mol. The van der Waals surface area contributed by atoms with Crippen LogP contribution in [0.4, 0.5) is 4.39 Å². The van der Waals surface area contributed by atoms with Gasteiger partial charge in [-0.25, -0.2) is 0 Å². The molecule has 1 heteroatoms. The van der Waals surface area contributed by atoms with E-state index in [4.69, 9.17) is 0 Å². The molecule has 0 saturated heterocycles. The molecule has 2 saturated carbocycles. The van der Waals surface area contributed by atoms with Crippen LogP contribution >= 0.6 is 0 Å². The molecule has 0 heterocycles. The summed E-state index contributed by atoms with van der Waals surface area (Å²) in [7, 11) is 0. The SMILES string of the molecule is C/C=C\C1CCC(C2CCC(CCc3ccc(-c4ccc(CCF)cc4)cc3)CC2)CC1. The number of allylic oxidation sites excluding steroid dienone is 2. The third-order valence-electron chi connectivity index (χ3n) is 8.30. The van der Waals surface area contributed by atoms with Crippen LogP contribution in [0.25, 0.3) is 11.1 Å². The Labute approximate surface area is 195 Å². The van der Waals surface area contributed by atoms with Crippen LogP contribution in [0.2, 0.25) is 0 Å². The highest BCUT2D eigenvalue weighted by atomic mass is 19.1. The number of hydrogen-bond acceptors (Lipinski definition) is 0. The third-order valence-corrected chi connectivity index (χ3v) is 8.30. The molecule has 0 radical (unpaired) electrons. The summed E-state index contributed by atoms with van der Waals surface area (Å²) in [5.41, 5.74) is 5.01. The summed E-state index contributed by atoms with van der Waals surface area (Å²) in [6, 6.07) is 17.4. The summed E-state index contributed by atoms with van der Waals surface area (Å²) in [4.78, 5) is 0. The van der Waals surface area contributed by atoms with Crippen LogP contribution < -0.4 is 0 Å². The molecule has 0 unspecified atom stereocenters. The first-order chi connectivity index (χ1) is 15.7. The quantitative estimate of drug-likeness (QED) is 0.365. The minimum Gasteiger partial charge on any atom is -0.251 e. The number of halogens is 1. The Hall–Kier alpha value is -1.89. The molecule has 2 aromatic rings. The summed E-state index contributed by atoms with van der Waals surface area (Å²) in [5.74, 6) is 3.80. The Morgan fingerprint density at radius 3 is 1.69 bits per heavy atom. The molecule has 2 aliphatic rings. The maximum Gasteiger partial charge on any atom is 0.0934 e. The summed E-state index contributed by atoms with van der Waals surface area (Å²) >= 11 is 0. The Kier molecular flexibility index (Phi) is 8.60. The average Bonchev–Trinajstić information content (AvgIpc) is 2.85. The fraction of sp³-hybridized carbons (Fsp3) is 0.548. The van der Waals surface area contributed by atoms with Gasteiger partial charge in [0.15, 0.2) is 0 Å². The first-order valence-electron chi connectivity index (χ1n) is 13.1. The second-order valence-electron chi connectivity index (χ2n) is 10.4. The van der Waals surface area contributed by atoms with Gasteiger partial charge in [-0.15, -0.1) is 0 Å². The summed E-state index contributed by atoms with van der Waals surface area (Å²) in [6.07, 6.45) is 19.4. The molecule has 0 aromatic heterocycles. The smallest absolute Gasteiger partial charge is 0.0934 e. The molecular weight excluding hydrogens is 391 g/mol. The molecule has 2 aliphatic carbocycles. The minimum atomic E-state index is -0.284. The van der Waals surface area contributed by atoms with Gasteiger partial charge in [0.05, 0.1) is 6.67 Å². The Morgan fingerprint density at radius 1 is 0.688 bits per heavy atom. The first kappa shape index (κ1) is 23.3. The number of benzene rings is 2. The highest BCUT2D eigenvalue weighted by molar-refractivity contribution is 5.64. The van der Waals surface area contributed by atoms with Crippen LogP contribution in [0.5, 0.6) is 0 Å². The van der Waals surface area contributed by atoms with Crippen LogP contribution in [-0.4, -0.2) is 6.67 Å². The van der Waals surface area contributed by atoms with E-state index in [0.717, 1.165) is 29.2 Å². The predicted octanol–water partition coefficient (Wildman–Crippen LogP) is 8.99. The van der Waals surface area contributed by atoms with Gasteiger partial charge in [-0.1, -0.05) is 73.5 Å². The molecule has 172 valence electrons. The number of rotatable bonds is 8. The zero-order valence-electron chi connectivity index (χ0n) is 19.9. The molecule has 0 spiro atoms. The molecular formula is C31H41F. The van der Waals surface area contributed by atoms with Crippen molar-refractivity contribution >= 4 is 0 Å². The highest BCUT2D eigenvalue weighted by Crippen LogP contribution is 2.42. The summed E-state index contributed by atoms with van der Waals surface area (Å²) in [6.45, 7) is 1.88. The fourth-order valence-electron chi connectivity index (χ4n) is 6.24. The van der Waals surface area contributed by atoms with E-state index in [0.29, 0.717) is 6.42 Å². The van der Waals surface area contributed by atoms with Crippen molar-refractivity contribution in [3.8, 4) is 11.1 Å². The first-order valence-corrected chi connectivity index (χ1v) is 13.1. The number of aryl methyl sites for hydroxylation is 2. The lowest BCUT2D eigenvalue weighted by atomic mass is 9.68. The minimum absolute atomic E-state index is 0.284. The van der Waals surface area contributed by atoms with Gasteiger partial charge in [-0.2, -0.15) is 0 Å². The second-order valence-corrected chi connectivity index (χ2v) is 10.4. The van der Waals surface area contributed by atoms with Gasteiger partial charge in [0.25, 0.3) is 0 Å². The van der Waals surface area contributed by atoms with Gasteiger partial charge in [0, 0.05) is 6.42 Å². The predicted molar refractivity (Wildman–Crippen MR) is 136 cm³/mol. The Balaban J connectivity index is 1.19. The van der Waals surface area contributed by atoms with E-state index in [9.17, 15) is 4.39 Å². The molecule has 0 aliphatic heterocycles. The van der Waals surface area contributed by atoms with E-state index in [1.165, 1.54) is 80.9 Å². The van der Waals surface area contributed by atoms with Crippen molar-refractivity contribution < 1.29 is 4.39 Å². The Morgan fingerprint density at radius 2 is 1.19 bits per heavy atom. The lowest BCUT2D eigenvalue weighted by molar-refractivity contribution is 0.152. The molecule has 32 heavy (non-hydrogen) atoms. The summed E-state index contributed by atoms with van der Waals surface area (Å²) < 4.78 is 12.5. The number of hydrogen-bond donors (Lipinski definition) is 0. The van der Waals surface area contributed by atoms with Crippen molar-refractivity contribution in [1.82, 2.24) is 0 Å². The van der Waals surface area contributed by atoms with Crippen LogP contribution in [-0.2, 0) is 12.8 Å². The van der Waals surface area contributed by atoms with Crippen molar-refractivity contribution in [2.75, 3.05) is 6.67 Å². The number of alkyl halides is 1. The van der Waals surface area contributed by atoms with Crippen molar-refractivity contribution in [3.63, 3.8) is 0 Å². The zero-order valence-corrected chi connectivity index (χ0v) is 19.9. The molecule has 0 atom stereocenters. The maximum atomic E-state index is 12.5. The molecule has 0 bridgehead atoms. The van der Waals surface area contributed by atoms with Crippen molar-refractivity contribution in [3.05, 3.63) is 71.8 Å². The third kappa shape index (κ3) is 6.33. The van der Waals surface area contributed by atoms with Gasteiger partial charge < -0.3 is 0 Å². The van der Waals surface area contributed by atoms with Gasteiger partial charge in [0.2, 0.25) is 0 Å². The molecule has 0 amide bonds. The van der Waals surface area contributed by atoms with Crippen LogP contribution in [0.3, 0.4) is 0 Å². The van der Waals surface area contributed by atoms with E-state index in [1.54, 1.807) is 0 Å². The molecule has 2 aromatic carbocycles. The van der Waals surface area contributed by atoms with Crippen LogP contribution in [0, 0.1) is 23.7 Å². The lowest BCUT2D eigenvalue weighted by Crippen LogP contribution is -2.25. The van der Waals surface area contributed by atoms with Crippen molar-refractivity contribution in [1.29, 1.82) is 0 Å². The second kappa shape index (κ2) is 11.8. The molecule has 2 fully saturated rings. The fourth-order valence-corrected chi connectivity index (χ4v) is 6.24. The highest BCUT2D eigenvalue weighted by Gasteiger charge is 2.30. The van der Waals surface area contributed by atoms with Crippen molar-refractivity contribution in [2.24, 2.45) is 23.7 Å². The normalized spacial score (nSPS) is 26.4. The van der Waals surface area contributed by atoms with Crippen LogP contribution in [0.1, 0.15) is 75.8 Å². The van der Waals surface area contributed by atoms with E-state index < -0.39 is 0 Å². The Bertz CT molecular complexity index is 816.